The average molecular weight is 388 g/mol. The summed E-state index contributed by atoms with van der Waals surface area (Å²) in [5, 5.41) is 0. The van der Waals surface area contributed by atoms with E-state index in [-0.39, 0.29) is 25.4 Å². The van der Waals surface area contributed by atoms with Gasteiger partial charge >= 0.3 is 25.4 Å². The smallest absolute Gasteiger partial charge is 0.466 e. The van der Waals surface area contributed by atoms with Crippen LogP contribution < -0.4 is 0 Å². The van der Waals surface area contributed by atoms with E-state index in [1.54, 1.807) is 0 Å². The van der Waals surface area contributed by atoms with E-state index in [1.165, 1.54) is 11.1 Å². The Kier molecular flexibility index (Phi) is 11.6. The number of rotatable bonds is 6. The van der Waals surface area contributed by atoms with Crippen molar-refractivity contribution >= 4 is 5.97 Å². The number of nitrogens with zero attached hydrogens (tertiary/aromatic N) is 1. The van der Waals surface area contributed by atoms with Gasteiger partial charge in [-0.1, -0.05) is 0 Å². The predicted molar refractivity (Wildman–Crippen MR) is 86.4 cm³/mol. The molecule has 22 heavy (non-hydrogen) atoms. The minimum atomic E-state index is -0.112. The van der Waals surface area contributed by atoms with Crippen LogP contribution in [0.3, 0.4) is 0 Å². The molecule has 0 saturated heterocycles. The Morgan fingerprint density at radius 3 is 2.55 bits per heavy atom. The molecule has 0 spiro atoms. The van der Waals surface area contributed by atoms with Crippen LogP contribution in [0.25, 0.3) is 0 Å². The number of hydrogen-bond donors (Lipinski definition) is 0. The van der Waals surface area contributed by atoms with E-state index in [1.807, 2.05) is 31.2 Å². The molecule has 122 valence electrons. The normalized spacial score (nSPS) is 9.64. The number of hydrogen-bond acceptors (Lipinski definition) is 3. The zero-order valence-corrected chi connectivity index (χ0v) is 15.3. The minimum absolute atomic E-state index is 0. The van der Waals surface area contributed by atoms with Gasteiger partial charge < -0.3 is 9.64 Å². The maximum absolute atomic E-state index is 10.9. The molecule has 0 atom stereocenters. The van der Waals surface area contributed by atoms with Gasteiger partial charge in [0, 0.05) is 6.42 Å². The zero-order chi connectivity index (χ0) is 15.5. The molecule has 0 amide bonds. The van der Waals surface area contributed by atoms with Crippen molar-refractivity contribution < 1.29 is 29.0 Å². The molecule has 0 aliphatic carbocycles. The summed E-state index contributed by atoms with van der Waals surface area (Å²) >= 11 is 0. The molecule has 2 aromatic carbocycles. The molecule has 0 bridgehead atoms. The van der Waals surface area contributed by atoms with Crippen molar-refractivity contribution in [2.45, 2.75) is 26.3 Å². The molecule has 0 radical (unpaired) electrons. The van der Waals surface area contributed by atoms with Crippen molar-refractivity contribution in [2.24, 2.45) is 0 Å². The van der Waals surface area contributed by atoms with Gasteiger partial charge in [-0.3, -0.25) is 4.79 Å². The summed E-state index contributed by atoms with van der Waals surface area (Å²) in [5.41, 5.74) is 2.59. The summed E-state index contributed by atoms with van der Waals surface area (Å²) in [6, 6.07) is 16.4. The maximum atomic E-state index is 10.9. The van der Waals surface area contributed by atoms with E-state index in [4.69, 9.17) is 4.74 Å². The van der Waals surface area contributed by atoms with E-state index in [0.29, 0.717) is 13.0 Å². The quantitative estimate of drug-likeness (QED) is 0.432. The Labute approximate surface area is 146 Å². The van der Waals surface area contributed by atoms with Crippen LogP contribution in [0, 0.1) is 0 Å². The van der Waals surface area contributed by atoms with Crippen LogP contribution in [0.15, 0.2) is 48.5 Å². The van der Waals surface area contributed by atoms with Crippen LogP contribution >= 0.6 is 0 Å². The van der Waals surface area contributed by atoms with E-state index in [2.05, 4.69) is 43.3 Å². The Balaban J connectivity index is 0.000000397. The molecule has 0 saturated carbocycles. The molecule has 0 unspecified atom stereocenters. The van der Waals surface area contributed by atoms with Crippen molar-refractivity contribution in [3.05, 3.63) is 59.7 Å². The van der Waals surface area contributed by atoms with Gasteiger partial charge in [0.2, 0.25) is 0 Å². The summed E-state index contributed by atoms with van der Waals surface area (Å²) < 4.78 is 4.80. The Hall–Kier alpha value is -1.25. The summed E-state index contributed by atoms with van der Waals surface area (Å²) in [4.78, 5) is 13.1. The second-order valence-electron chi connectivity index (χ2n) is 5.13. The summed E-state index contributed by atoms with van der Waals surface area (Å²) in [7, 11) is 4.15. The zero-order valence-electron chi connectivity index (χ0n) is 13.6. The fraction of sp³-hybridized carbons (Fsp3) is 0.389. The third-order valence-electron chi connectivity index (χ3n) is 2.89. The average Bonchev–Trinajstić information content (AvgIpc) is 3.09. The Morgan fingerprint density at radius 1 is 1.27 bits per heavy atom. The first-order chi connectivity index (χ1) is 10.1. The fourth-order valence-corrected chi connectivity index (χ4v) is 1.94. The molecule has 4 heteroatoms. The molecular formula is C18H25NO2Ru. The third kappa shape index (κ3) is 9.65. The first kappa shape index (κ1) is 20.8. The third-order valence-corrected chi connectivity index (χ3v) is 2.89. The largest absolute Gasteiger partial charge is 2.00 e. The maximum Gasteiger partial charge on any atom is 2.00 e. The molecule has 0 fully saturated rings. The first-order valence-electron chi connectivity index (χ1n) is 7.33. The van der Waals surface area contributed by atoms with Crippen molar-refractivity contribution in [2.75, 3.05) is 20.7 Å². The van der Waals surface area contributed by atoms with Gasteiger partial charge in [-0.25, -0.2) is 18.2 Å². The summed E-state index contributed by atoms with van der Waals surface area (Å²) in [6.07, 6.45) is 1.27. The van der Waals surface area contributed by atoms with Crippen LogP contribution in [0.5, 0.6) is 0 Å². The van der Waals surface area contributed by atoms with E-state index in [0.717, 1.165) is 13.0 Å². The van der Waals surface area contributed by atoms with Gasteiger partial charge in [-0.05, 0) is 34.0 Å². The summed E-state index contributed by atoms with van der Waals surface area (Å²) in [5.74, 6) is -0.112. The number of carbonyl (C=O) groups is 1. The molecular weight excluding hydrogens is 363 g/mol. The van der Waals surface area contributed by atoms with Gasteiger partial charge in [-0.2, -0.15) is 41.5 Å². The monoisotopic (exact) mass is 389 g/mol. The van der Waals surface area contributed by atoms with Gasteiger partial charge in [0.25, 0.3) is 0 Å². The van der Waals surface area contributed by atoms with Gasteiger partial charge in [-0.15, -0.1) is 0 Å². The molecule has 0 aliphatic rings. The predicted octanol–water partition coefficient (Wildman–Crippen LogP) is 3.37. The van der Waals surface area contributed by atoms with Crippen LogP contribution in [0.1, 0.15) is 24.5 Å². The second-order valence-corrected chi connectivity index (χ2v) is 5.13. The molecule has 0 heterocycles. The van der Waals surface area contributed by atoms with E-state index >= 15 is 0 Å². The SMILES string of the molecule is CCOC(=O)CCc1ccc[cH-]1.CN(C)Cc1cc[cH-]c1.[Ru+2]. The van der Waals surface area contributed by atoms with Crippen LogP contribution in [-0.2, 0) is 42.0 Å². The summed E-state index contributed by atoms with van der Waals surface area (Å²) in [6.45, 7) is 3.34. The second kappa shape index (κ2) is 12.3. The van der Waals surface area contributed by atoms with Gasteiger partial charge in [0.15, 0.2) is 0 Å². The molecule has 0 N–H and O–H groups in total. The Morgan fingerprint density at radius 2 is 2.05 bits per heavy atom. The van der Waals surface area contributed by atoms with Gasteiger partial charge in [0.05, 0.1) is 6.61 Å². The van der Waals surface area contributed by atoms with Crippen molar-refractivity contribution in [3.8, 4) is 0 Å². The minimum Gasteiger partial charge on any atom is -0.466 e. The Bertz CT molecular complexity index is 475. The van der Waals surface area contributed by atoms with Crippen molar-refractivity contribution in [1.29, 1.82) is 0 Å². The molecule has 0 aromatic heterocycles. The van der Waals surface area contributed by atoms with Crippen LogP contribution in [0.4, 0.5) is 0 Å². The van der Waals surface area contributed by atoms with Crippen molar-refractivity contribution in [3.63, 3.8) is 0 Å². The van der Waals surface area contributed by atoms with Crippen LogP contribution in [-0.4, -0.2) is 31.6 Å². The topological polar surface area (TPSA) is 29.5 Å². The number of esters is 1. The number of carbonyl (C=O) groups excluding carboxylic acids is 1. The molecule has 2 rings (SSSR count). The number of ether oxygens (including phenoxy) is 1. The van der Waals surface area contributed by atoms with Crippen LogP contribution in [0.2, 0.25) is 0 Å². The van der Waals surface area contributed by atoms with Gasteiger partial charge in [0.1, 0.15) is 0 Å². The molecule has 0 aliphatic heterocycles. The first-order valence-corrected chi connectivity index (χ1v) is 7.33. The molecule has 3 nitrogen and oxygen atoms in total. The standard InChI is InChI=1S/C10H13O2.C8H12N.Ru/c1-2-12-10(11)8-7-9-5-3-4-6-9;1-9(2)7-8-5-3-4-6-8;/h3-6H,2,7-8H2,1H3;3-6H,7H2,1-2H3;/q2*-1;+2. The number of aryl methyl sites for hydroxylation is 1. The van der Waals surface area contributed by atoms with Crippen molar-refractivity contribution in [1.82, 2.24) is 4.90 Å². The fourth-order valence-electron chi connectivity index (χ4n) is 1.94. The van der Waals surface area contributed by atoms with E-state index < -0.39 is 0 Å². The molecule has 2 aromatic rings. The van der Waals surface area contributed by atoms with E-state index in [9.17, 15) is 4.79 Å².